The van der Waals surface area contributed by atoms with Gasteiger partial charge in [-0.25, -0.2) is 9.79 Å². The van der Waals surface area contributed by atoms with Gasteiger partial charge in [-0.3, -0.25) is 0 Å². The molecule has 3 rings (SSSR count). The van der Waals surface area contributed by atoms with E-state index in [2.05, 4.69) is 4.99 Å². The largest absolute Gasteiger partial charge is 0.507 e. The van der Waals surface area contributed by atoms with E-state index in [1.54, 1.807) is 12.1 Å². The predicted octanol–water partition coefficient (Wildman–Crippen LogP) is 3.64. The van der Waals surface area contributed by atoms with Crippen LogP contribution in [0.5, 0.6) is 11.5 Å². The predicted molar refractivity (Wildman–Crippen MR) is 117 cm³/mol. The van der Waals surface area contributed by atoms with E-state index >= 15 is 0 Å². The Labute approximate surface area is 176 Å². The molecule has 0 aliphatic carbocycles. The monoisotopic (exact) mass is 411 g/mol. The van der Waals surface area contributed by atoms with E-state index in [-0.39, 0.29) is 11.5 Å². The normalized spacial score (nSPS) is 17.7. The molecule has 0 bridgehead atoms. The van der Waals surface area contributed by atoms with Gasteiger partial charge in [-0.1, -0.05) is 0 Å². The molecule has 7 nitrogen and oxygen atoms in total. The summed E-state index contributed by atoms with van der Waals surface area (Å²) in [7, 11) is 0. The Morgan fingerprint density at radius 2 is 1.90 bits per heavy atom. The van der Waals surface area contributed by atoms with Gasteiger partial charge in [0.2, 0.25) is 0 Å². The lowest BCUT2D eigenvalue weighted by molar-refractivity contribution is 0.0547. The van der Waals surface area contributed by atoms with Crippen molar-refractivity contribution in [2.45, 2.75) is 59.0 Å². The van der Waals surface area contributed by atoms with Crippen LogP contribution in [0.3, 0.4) is 0 Å². The van der Waals surface area contributed by atoms with E-state index in [0.29, 0.717) is 29.8 Å². The molecule has 7 heteroatoms. The SMILES string of the molecule is Cc1c(C)c2c(c(C)c1O)CCC(C)(CCc1cc(N=C(N)N)ccc1C(=O)O)O2. The number of aliphatic imine (C=N–C) groups is 1. The molecule has 0 saturated heterocycles. The van der Waals surface area contributed by atoms with Gasteiger partial charge in [0.1, 0.15) is 17.1 Å². The Morgan fingerprint density at radius 3 is 2.53 bits per heavy atom. The fourth-order valence-electron chi connectivity index (χ4n) is 4.08. The summed E-state index contributed by atoms with van der Waals surface area (Å²) >= 11 is 0. The summed E-state index contributed by atoms with van der Waals surface area (Å²) in [6.45, 7) is 7.82. The summed E-state index contributed by atoms with van der Waals surface area (Å²) in [6.07, 6.45) is 2.72. The lowest BCUT2D eigenvalue weighted by atomic mass is 9.84. The number of rotatable bonds is 5. The van der Waals surface area contributed by atoms with E-state index in [1.807, 2.05) is 27.7 Å². The van der Waals surface area contributed by atoms with Crippen molar-refractivity contribution >= 4 is 17.6 Å². The second-order valence-corrected chi connectivity index (χ2v) is 8.27. The number of carbonyl (C=O) groups is 1. The van der Waals surface area contributed by atoms with Crippen molar-refractivity contribution < 1.29 is 19.7 Å². The first-order valence-electron chi connectivity index (χ1n) is 9.99. The Hall–Kier alpha value is -3.22. The van der Waals surface area contributed by atoms with E-state index < -0.39 is 11.6 Å². The maximum atomic E-state index is 11.7. The van der Waals surface area contributed by atoms with Crippen molar-refractivity contribution in [1.29, 1.82) is 0 Å². The van der Waals surface area contributed by atoms with Crippen molar-refractivity contribution in [3.63, 3.8) is 0 Å². The number of hydrogen-bond acceptors (Lipinski definition) is 4. The van der Waals surface area contributed by atoms with Crippen LogP contribution in [-0.4, -0.2) is 27.7 Å². The number of nitrogens with zero attached hydrogens (tertiary/aromatic N) is 1. The molecule has 1 aliphatic rings. The van der Waals surface area contributed by atoms with Crippen LogP contribution in [0.15, 0.2) is 23.2 Å². The first-order valence-corrected chi connectivity index (χ1v) is 9.99. The van der Waals surface area contributed by atoms with Crippen LogP contribution in [0.2, 0.25) is 0 Å². The van der Waals surface area contributed by atoms with Crippen LogP contribution in [0.25, 0.3) is 0 Å². The molecule has 6 N–H and O–H groups in total. The Morgan fingerprint density at radius 1 is 1.20 bits per heavy atom. The molecule has 2 aromatic carbocycles. The maximum Gasteiger partial charge on any atom is 0.335 e. The molecule has 1 heterocycles. The zero-order valence-electron chi connectivity index (χ0n) is 17.9. The van der Waals surface area contributed by atoms with Crippen LogP contribution < -0.4 is 16.2 Å². The minimum absolute atomic E-state index is 0.0762. The number of fused-ring (bicyclic) bond motifs is 1. The van der Waals surface area contributed by atoms with Crippen LogP contribution in [0.1, 0.15) is 57.9 Å². The van der Waals surface area contributed by atoms with Gasteiger partial charge >= 0.3 is 5.97 Å². The lowest BCUT2D eigenvalue weighted by Gasteiger charge is -2.38. The number of aryl methyl sites for hydroxylation is 1. The number of phenolic OH excluding ortho intramolecular Hbond substituents is 1. The fraction of sp³-hybridized carbons (Fsp3) is 0.391. The molecule has 0 aromatic heterocycles. The number of nitrogens with two attached hydrogens (primary N) is 2. The number of phenols is 1. The van der Waals surface area contributed by atoms with Crippen LogP contribution in [-0.2, 0) is 12.8 Å². The van der Waals surface area contributed by atoms with Crippen molar-refractivity contribution in [3.05, 3.63) is 51.6 Å². The van der Waals surface area contributed by atoms with Crippen molar-refractivity contribution in [3.8, 4) is 11.5 Å². The second-order valence-electron chi connectivity index (χ2n) is 8.27. The summed E-state index contributed by atoms with van der Waals surface area (Å²) in [5, 5.41) is 19.9. The van der Waals surface area contributed by atoms with E-state index in [9.17, 15) is 15.0 Å². The topological polar surface area (TPSA) is 131 Å². The molecule has 1 atom stereocenters. The third kappa shape index (κ3) is 4.06. The number of hydrogen-bond donors (Lipinski definition) is 4. The van der Waals surface area contributed by atoms with Crippen molar-refractivity contribution in [1.82, 2.24) is 0 Å². The van der Waals surface area contributed by atoms with Gasteiger partial charge in [-0.05, 0) is 93.8 Å². The summed E-state index contributed by atoms with van der Waals surface area (Å²) in [5.74, 6) is 0.108. The lowest BCUT2D eigenvalue weighted by Crippen LogP contribution is -2.37. The van der Waals surface area contributed by atoms with Gasteiger partial charge in [0.25, 0.3) is 0 Å². The highest BCUT2D eigenvalue weighted by atomic mass is 16.5. The summed E-state index contributed by atoms with van der Waals surface area (Å²) in [5.41, 5.74) is 15.6. The molecule has 160 valence electrons. The van der Waals surface area contributed by atoms with Gasteiger partial charge in [-0.15, -0.1) is 0 Å². The minimum atomic E-state index is -0.987. The number of ether oxygens (including phenoxy) is 1. The Kier molecular flexibility index (Phi) is 5.65. The summed E-state index contributed by atoms with van der Waals surface area (Å²) in [6, 6.07) is 4.82. The van der Waals surface area contributed by atoms with Gasteiger partial charge in [0.05, 0.1) is 11.3 Å². The van der Waals surface area contributed by atoms with Crippen LogP contribution >= 0.6 is 0 Å². The first kappa shape index (κ1) is 21.5. The molecule has 0 fully saturated rings. The highest BCUT2D eigenvalue weighted by Crippen LogP contribution is 2.44. The van der Waals surface area contributed by atoms with E-state index in [1.165, 1.54) is 6.07 Å². The molecule has 2 aromatic rings. The molecule has 0 amide bonds. The zero-order valence-corrected chi connectivity index (χ0v) is 17.9. The standard InChI is InChI=1S/C23H29N3O4/c1-12-13(2)20-17(14(3)19(12)27)8-10-23(4,30-20)9-7-15-11-16(26-22(24)25)5-6-18(15)21(28)29/h5-6,11,27H,7-10H2,1-4H3,(H,28,29)(H4,24,25,26). The summed E-state index contributed by atoms with van der Waals surface area (Å²) in [4.78, 5) is 15.7. The number of carboxylic acid groups (broad SMARTS) is 1. The molecule has 1 aliphatic heterocycles. The zero-order chi connectivity index (χ0) is 22.2. The summed E-state index contributed by atoms with van der Waals surface area (Å²) < 4.78 is 6.46. The molecule has 0 radical (unpaired) electrons. The number of guanidine groups is 1. The average Bonchev–Trinajstić information content (AvgIpc) is 2.68. The minimum Gasteiger partial charge on any atom is -0.507 e. The molecule has 0 saturated carbocycles. The van der Waals surface area contributed by atoms with Gasteiger partial charge in [-0.2, -0.15) is 0 Å². The van der Waals surface area contributed by atoms with Gasteiger partial charge < -0.3 is 26.4 Å². The molecule has 1 unspecified atom stereocenters. The number of aromatic hydroxyl groups is 1. The van der Waals surface area contributed by atoms with E-state index in [4.69, 9.17) is 16.2 Å². The van der Waals surface area contributed by atoms with Crippen molar-refractivity contribution in [2.24, 2.45) is 16.5 Å². The van der Waals surface area contributed by atoms with Crippen LogP contribution in [0, 0.1) is 20.8 Å². The highest BCUT2D eigenvalue weighted by molar-refractivity contribution is 5.90. The van der Waals surface area contributed by atoms with Gasteiger partial charge in [0, 0.05) is 5.56 Å². The van der Waals surface area contributed by atoms with Gasteiger partial charge in [0.15, 0.2) is 5.96 Å². The molecule has 0 spiro atoms. The smallest absolute Gasteiger partial charge is 0.335 e. The maximum absolute atomic E-state index is 11.7. The van der Waals surface area contributed by atoms with E-state index in [0.717, 1.165) is 40.8 Å². The Bertz CT molecular complexity index is 1040. The number of carboxylic acids is 1. The first-order chi connectivity index (χ1) is 14.0. The second kappa shape index (κ2) is 7.89. The highest BCUT2D eigenvalue weighted by Gasteiger charge is 2.34. The quantitative estimate of drug-likeness (QED) is 0.439. The fourth-order valence-corrected chi connectivity index (χ4v) is 4.08. The third-order valence-corrected chi connectivity index (χ3v) is 6.09. The average molecular weight is 412 g/mol. The van der Waals surface area contributed by atoms with Crippen LogP contribution in [0.4, 0.5) is 5.69 Å². The number of aromatic carboxylic acids is 1. The molecule has 30 heavy (non-hydrogen) atoms. The molecular weight excluding hydrogens is 382 g/mol. The third-order valence-electron chi connectivity index (χ3n) is 6.09. The Balaban J connectivity index is 1.88. The number of benzene rings is 2. The van der Waals surface area contributed by atoms with Crippen molar-refractivity contribution in [2.75, 3.05) is 0 Å². The molecular formula is C23H29N3O4.